The summed E-state index contributed by atoms with van der Waals surface area (Å²) in [5.41, 5.74) is 7.20. The molecular weight excluding hydrogens is 498 g/mol. The molecular formula is C39H31NO. The van der Waals surface area contributed by atoms with Gasteiger partial charge in [0.1, 0.15) is 16.8 Å². The summed E-state index contributed by atoms with van der Waals surface area (Å²) in [4.78, 5) is 2.65. The van der Waals surface area contributed by atoms with Gasteiger partial charge < -0.3 is 9.64 Å². The summed E-state index contributed by atoms with van der Waals surface area (Å²) in [6, 6.07) is 61.3. The quantitative estimate of drug-likeness (QED) is 0.214. The van der Waals surface area contributed by atoms with Gasteiger partial charge in [-0.3, -0.25) is 0 Å². The topological polar surface area (TPSA) is 12.5 Å². The lowest BCUT2D eigenvalue weighted by Gasteiger charge is -2.50. The van der Waals surface area contributed by atoms with E-state index < -0.39 is 11.1 Å². The fraction of sp³-hybridized carbons (Fsp3) is 0.0769. The molecule has 1 aliphatic heterocycles. The van der Waals surface area contributed by atoms with Gasteiger partial charge in [0.2, 0.25) is 0 Å². The van der Waals surface area contributed by atoms with Gasteiger partial charge in [-0.2, -0.15) is 0 Å². The number of hydrogen-bond donors (Lipinski definition) is 0. The van der Waals surface area contributed by atoms with Gasteiger partial charge in [-0.15, -0.1) is 0 Å². The number of fused-ring (bicyclic) bond motifs is 1. The number of nitrogens with zero attached hydrogens (tertiary/aromatic N) is 1. The minimum absolute atomic E-state index is 0.639. The van der Waals surface area contributed by atoms with Crippen LogP contribution in [-0.2, 0) is 11.1 Å². The van der Waals surface area contributed by atoms with Crippen molar-refractivity contribution >= 4 is 5.69 Å². The van der Waals surface area contributed by atoms with Crippen LogP contribution in [0.2, 0.25) is 0 Å². The monoisotopic (exact) mass is 529 g/mol. The number of rotatable bonds is 6. The van der Waals surface area contributed by atoms with Gasteiger partial charge in [0.05, 0.1) is 7.11 Å². The third-order valence-corrected chi connectivity index (χ3v) is 8.47. The molecule has 0 radical (unpaired) electrons. The fourth-order valence-corrected chi connectivity index (χ4v) is 6.91. The van der Waals surface area contributed by atoms with Crippen LogP contribution in [0, 0.1) is 0 Å². The summed E-state index contributed by atoms with van der Waals surface area (Å²) in [6.07, 6.45) is 0. The molecule has 0 aromatic heterocycles. The summed E-state index contributed by atoms with van der Waals surface area (Å²) in [5.74, 6) is 0.834. The van der Waals surface area contributed by atoms with Crippen LogP contribution in [0.25, 0.3) is 0 Å². The van der Waals surface area contributed by atoms with Crippen molar-refractivity contribution in [2.24, 2.45) is 0 Å². The molecule has 7 rings (SSSR count). The van der Waals surface area contributed by atoms with E-state index in [-0.39, 0.29) is 0 Å². The van der Waals surface area contributed by atoms with Crippen LogP contribution >= 0.6 is 0 Å². The Morgan fingerprint density at radius 1 is 0.390 bits per heavy atom. The van der Waals surface area contributed by atoms with E-state index in [1.807, 2.05) is 0 Å². The highest BCUT2D eigenvalue weighted by molar-refractivity contribution is 5.78. The molecule has 0 amide bonds. The number of methoxy groups -OCH3 is 1. The van der Waals surface area contributed by atoms with Gasteiger partial charge in [0, 0.05) is 5.69 Å². The van der Waals surface area contributed by atoms with Crippen molar-refractivity contribution in [1.82, 2.24) is 0 Å². The molecule has 6 aromatic carbocycles. The number of hydrogen-bond acceptors (Lipinski definition) is 2. The molecule has 0 unspecified atom stereocenters. The summed E-state index contributed by atoms with van der Waals surface area (Å²) in [5, 5.41) is 0. The van der Waals surface area contributed by atoms with E-state index in [1.165, 1.54) is 33.4 Å². The molecule has 0 spiro atoms. The first-order chi connectivity index (χ1) is 20.3. The lowest BCUT2D eigenvalue weighted by molar-refractivity contribution is 0.414. The molecule has 0 atom stereocenters. The van der Waals surface area contributed by atoms with Crippen molar-refractivity contribution in [3.8, 4) is 5.75 Å². The molecule has 0 saturated carbocycles. The van der Waals surface area contributed by atoms with Gasteiger partial charge in [0.15, 0.2) is 0 Å². The Morgan fingerprint density at radius 3 is 1.02 bits per heavy atom. The molecule has 0 bridgehead atoms. The van der Waals surface area contributed by atoms with E-state index in [9.17, 15) is 0 Å². The smallest absolute Gasteiger partial charge is 0.119 e. The van der Waals surface area contributed by atoms with Crippen molar-refractivity contribution < 1.29 is 4.74 Å². The van der Waals surface area contributed by atoms with Gasteiger partial charge in [-0.1, -0.05) is 146 Å². The number of ether oxygens (including phenoxy) is 1. The highest BCUT2D eigenvalue weighted by Crippen LogP contribution is 2.62. The average molecular weight is 530 g/mol. The van der Waals surface area contributed by atoms with Crippen LogP contribution in [0.1, 0.15) is 33.4 Å². The van der Waals surface area contributed by atoms with Gasteiger partial charge in [-0.05, 0) is 57.6 Å². The van der Waals surface area contributed by atoms with Crippen LogP contribution in [0.3, 0.4) is 0 Å². The molecule has 6 aromatic rings. The van der Waals surface area contributed by atoms with E-state index in [0.717, 1.165) is 11.4 Å². The minimum atomic E-state index is -0.639. The van der Waals surface area contributed by atoms with E-state index in [4.69, 9.17) is 4.74 Å². The zero-order chi connectivity index (χ0) is 27.7. The van der Waals surface area contributed by atoms with Crippen LogP contribution in [-0.4, -0.2) is 7.11 Å². The van der Waals surface area contributed by atoms with Crippen LogP contribution < -0.4 is 9.64 Å². The van der Waals surface area contributed by atoms with Crippen molar-refractivity contribution in [3.63, 3.8) is 0 Å². The van der Waals surface area contributed by atoms with E-state index >= 15 is 0 Å². The maximum atomic E-state index is 5.62. The minimum Gasteiger partial charge on any atom is -0.497 e. The summed E-state index contributed by atoms with van der Waals surface area (Å²) in [6.45, 7) is 0. The highest BCUT2D eigenvalue weighted by atomic mass is 16.5. The molecule has 1 heterocycles. The molecule has 0 saturated heterocycles. The van der Waals surface area contributed by atoms with E-state index in [0.29, 0.717) is 0 Å². The lowest BCUT2D eigenvalue weighted by Crippen LogP contribution is -2.54. The van der Waals surface area contributed by atoms with E-state index in [2.05, 4.69) is 175 Å². The van der Waals surface area contributed by atoms with Crippen molar-refractivity contribution in [2.75, 3.05) is 12.0 Å². The molecule has 0 fully saturated rings. The van der Waals surface area contributed by atoms with Gasteiger partial charge >= 0.3 is 0 Å². The second-order valence-electron chi connectivity index (χ2n) is 10.5. The standard InChI is InChI=1S/C39H31NO/c1-41-35-28-26-34(27-29-35)40-38(30-16-6-2-7-17-30,31-18-8-3-9-19-31)36-24-14-15-25-37(36)39(40,32-20-10-4-11-21-32)33-22-12-5-13-23-33/h2-29H,1H3. The predicted octanol–water partition coefficient (Wildman–Crippen LogP) is 8.80. The Bertz CT molecular complexity index is 1560. The third-order valence-electron chi connectivity index (χ3n) is 8.47. The Labute approximate surface area is 242 Å². The van der Waals surface area contributed by atoms with Crippen LogP contribution in [0.15, 0.2) is 170 Å². The molecule has 2 nitrogen and oxygen atoms in total. The van der Waals surface area contributed by atoms with Crippen LogP contribution in [0.5, 0.6) is 5.75 Å². The second kappa shape index (κ2) is 10.1. The average Bonchev–Trinajstić information content (AvgIpc) is 3.35. The van der Waals surface area contributed by atoms with Crippen molar-refractivity contribution in [1.29, 1.82) is 0 Å². The first-order valence-electron chi connectivity index (χ1n) is 14.1. The summed E-state index contributed by atoms with van der Waals surface area (Å²) in [7, 11) is 1.72. The largest absolute Gasteiger partial charge is 0.497 e. The Balaban J connectivity index is 1.72. The molecule has 1 aliphatic rings. The van der Waals surface area contributed by atoms with E-state index in [1.54, 1.807) is 7.11 Å². The maximum absolute atomic E-state index is 5.62. The summed E-state index contributed by atoms with van der Waals surface area (Å²) < 4.78 is 5.62. The fourth-order valence-electron chi connectivity index (χ4n) is 6.91. The molecule has 41 heavy (non-hydrogen) atoms. The van der Waals surface area contributed by atoms with Crippen LogP contribution in [0.4, 0.5) is 5.69 Å². The number of anilines is 1. The Hall–Kier alpha value is -5.08. The first-order valence-corrected chi connectivity index (χ1v) is 14.1. The zero-order valence-corrected chi connectivity index (χ0v) is 23.0. The second-order valence-corrected chi connectivity index (χ2v) is 10.5. The predicted molar refractivity (Wildman–Crippen MR) is 167 cm³/mol. The zero-order valence-electron chi connectivity index (χ0n) is 23.0. The number of benzene rings is 6. The molecule has 0 aliphatic carbocycles. The Morgan fingerprint density at radius 2 is 0.707 bits per heavy atom. The van der Waals surface area contributed by atoms with Crippen molar-refractivity contribution in [3.05, 3.63) is 203 Å². The first kappa shape index (κ1) is 24.9. The maximum Gasteiger partial charge on any atom is 0.119 e. The summed E-state index contributed by atoms with van der Waals surface area (Å²) >= 11 is 0. The Kier molecular flexibility index (Phi) is 6.17. The highest BCUT2D eigenvalue weighted by Gasteiger charge is 2.61. The molecule has 198 valence electrons. The van der Waals surface area contributed by atoms with Gasteiger partial charge in [0.25, 0.3) is 0 Å². The third kappa shape index (κ3) is 3.64. The lowest BCUT2D eigenvalue weighted by atomic mass is 9.76. The SMILES string of the molecule is COc1ccc(N2C(c3ccccc3)(c3ccccc3)c3ccccc3C2(c2ccccc2)c2ccccc2)cc1. The molecule has 0 N–H and O–H groups in total. The molecule has 2 heteroatoms. The van der Waals surface area contributed by atoms with Crippen molar-refractivity contribution in [2.45, 2.75) is 11.1 Å². The van der Waals surface area contributed by atoms with Gasteiger partial charge in [-0.25, -0.2) is 0 Å². The normalized spacial score (nSPS) is 14.8.